The molecule has 0 fully saturated rings. The average Bonchev–Trinajstić information content (AvgIpc) is 2.42. The van der Waals surface area contributed by atoms with Crippen LogP contribution >= 0.6 is 0 Å². The third-order valence-electron chi connectivity index (χ3n) is 2.67. The van der Waals surface area contributed by atoms with Crippen molar-refractivity contribution in [3.8, 4) is 6.07 Å². The fourth-order valence-corrected chi connectivity index (χ4v) is 1.68. The zero-order chi connectivity index (χ0) is 13.7. The number of nitriles is 1. The van der Waals surface area contributed by atoms with Crippen molar-refractivity contribution in [2.24, 2.45) is 0 Å². The predicted octanol–water partition coefficient (Wildman–Crippen LogP) is 1.97. The van der Waals surface area contributed by atoms with E-state index >= 15 is 0 Å². The molecule has 0 aliphatic heterocycles. The second-order valence-electron chi connectivity index (χ2n) is 3.97. The monoisotopic (exact) mass is 257 g/mol. The Morgan fingerprint density at radius 2 is 2.16 bits per heavy atom. The van der Waals surface area contributed by atoms with Crippen molar-refractivity contribution in [2.45, 2.75) is 6.54 Å². The van der Waals surface area contributed by atoms with Gasteiger partial charge in [0.15, 0.2) is 0 Å². The van der Waals surface area contributed by atoms with Gasteiger partial charge in [0.25, 0.3) is 5.56 Å². The number of nitrogens with zero attached hydrogens (tertiary/aromatic N) is 2. The summed E-state index contributed by atoms with van der Waals surface area (Å²) in [6.45, 7) is 0.867. The van der Waals surface area contributed by atoms with E-state index < -0.39 is 5.82 Å². The van der Waals surface area contributed by atoms with Gasteiger partial charge in [-0.05, 0) is 24.3 Å². The average molecular weight is 257 g/mol. The predicted molar refractivity (Wildman–Crippen MR) is 70.3 cm³/mol. The normalized spacial score (nSPS) is 9.89. The van der Waals surface area contributed by atoms with Gasteiger partial charge in [-0.2, -0.15) is 5.26 Å². The second-order valence-corrected chi connectivity index (χ2v) is 3.97. The van der Waals surface area contributed by atoms with Crippen LogP contribution in [0.2, 0.25) is 0 Å². The quantitative estimate of drug-likeness (QED) is 0.911. The number of aromatic nitrogens is 1. The third-order valence-corrected chi connectivity index (χ3v) is 2.67. The molecule has 0 saturated heterocycles. The van der Waals surface area contributed by atoms with Crippen LogP contribution in [0.5, 0.6) is 0 Å². The Kier molecular flexibility index (Phi) is 3.94. The number of hydrogen-bond donors (Lipinski definition) is 1. The first-order valence-electron chi connectivity index (χ1n) is 5.80. The van der Waals surface area contributed by atoms with Gasteiger partial charge < -0.3 is 9.88 Å². The van der Waals surface area contributed by atoms with Gasteiger partial charge in [0.2, 0.25) is 0 Å². The Morgan fingerprint density at radius 1 is 1.32 bits per heavy atom. The number of anilines is 1. The number of halogens is 1. The van der Waals surface area contributed by atoms with Crippen molar-refractivity contribution in [1.82, 2.24) is 4.57 Å². The van der Waals surface area contributed by atoms with Gasteiger partial charge in [-0.25, -0.2) is 4.39 Å². The molecular weight excluding hydrogens is 245 g/mol. The van der Waals surface area contributed by atoms with Crippen molar-refractivity contribution in [3.05, 3.63) is 64.3 Å². The lowest BCUT2D eigenvalue weighted by atomic mass is 10.2. The minimum absolute atomic E-state index is 0.0930. The van der Waals surface area contributed by atoms with E-state index in [1.807, 2.05) is 6.07 Å². The molecule has 2 rings (SSSR count). The minimum atomic E-state index is -0.473. The summed E-state index contributed by atoms with van der Waals surface area (Å²) in [7, 11) is 0. The smallest absolute Gasteiger partial charge is 0.250 e. The molecule has 0 saturated carbocycles. The van der Waals surface area contributed by atoms with Crippen molar-refractivity contribution in [2.75, 3.05) is 11.9 Å². The molecule has 96 valence electrons. The molecule has 0 bridgehead atoms. The summed E-state index contributed by atoms with van der Waals surface area (Å²) in [6.07, 6.45) is 1.68. The minimum Gasteiger partial charge on any atom is -0.381 e. The highest BCUT2D eigenvalue weighted by Gasteiger charge is 2.02. The summed E-state index contributed by atoms with van der Waals surface area (Å²) < 4.78 is 15.1. The van der Waals surface area contributed by atoms with Crippen LogP contribution in [0, 0.1) is 17.1 Å². The third kappa shape index (κ3) is 3.19. The first-order valence-corrected chi connectivity index (χ1v) is 5.80. The van der Waals surface area contributed by atoms with Crippen LogP contribution in [0.4, 0.5) is 10.1 Å². The van der Waals surface area contributed by atoms with E-state index in [4.69, 9.17) is 5.26 Å². The first-order chi connectivity index (χ1) is 9.20. The fraction of sp³-hybridized carbons (Fsp3) is 0.143. The Balaban J connectivity index is 1.99. The highest BCUT2D eigenvalue weighted by atomic mass is 19.1. The van der Waals surface area contributed by atoms with E-state index in [1.54, 1.807) is 24.4 Å². The summed E-state index contributed by atoms with van der Waals surface area (Å²) in [6, 6.07) is 11.0. The van der Waals surface area contributed by atoms with Crippen molar-refractivity contribution >= 4 is 5.69 Å². The van der Waals surface area contributed by atoms with Crippen molar-refractivity contribution in [1.29, 1.82) is 5.26 Å². The zero-order valence-electron chi connectivity index (χ0n) is 10.1. The van der Waals surface area contributed by atoms with Crippen LogP contribution in [-0.4, -0.2) is 11.1 Å². The SMILES string of the molecule is N#Cc1ccc(NCCn2ccccc2=O)c(F)c1. The topological polar surface area (TPSA) is 57.8 Å². The standard InChI is InChI=1S/C14H12FN3O/c15-12-9-11(10-16)4-5-13(12)17-6-8-18-7-2-1-3-14(18)19/h1-5,7,9,17H,6,8H2. The number of hydrogen-bond acceptors (Lipinski definition) is 3. The molecule has 0 unspecified atom stereocenters. The molecule has 5 heteroatoms. The van der Waals surface area contributed by atoms with Crippen LogP contribution in [0.15, 0.2) is 47.4 Å². The maximum absolute atomic E-state index is 13.6. The van der Waals surface area contributed by atoms with Gasteiger partial charge >= 0.3 is 0 Å². The van der Waals surface area contributed by atoms with E-state index in [-0.39, 0.29) is 11.1 Å². The van der Waals surface area contributed by atoms with Crippen molar-refractivity contribution in [3.63, 3.8) is 0 Å². The number of rotatable bonds is 4. The van der Waals surface area contributed by atoms with Gasteiger partial charge in [-0.15, -0.1) is 0 Å². The summed E-state index contributed by atoms with van der Waals surface area (Å²) in [5.74, 6) is -0.473. The lowest BCUT2D eigenvalue weighted by Gasteiger charge is -2.09. The number of benzene rings is 1. The molecule has 0 spiro atoms. The van der Waals surface area contributed by atoms with Gasteiger partial charge in [-0.3, -0.25) is 4.79 Å². The Bertz CT molecular complexity index is 673. The van der Waals surface area contributed by atoms with E-state index in [0.29, 0.717) is 18.8 Å². The molecule has 1 aromatic carbocycles. The van der Waals surface area contributed by atoms with Gasteiger partial charge in [0, 0.05) is 25.4 Å². The van der Waals surface area contributed by atoms with Crippen LogP contribution in [-0.2, 0) is 6.54 Å². The molecular formula is C14H12FN3O. The summed E-state index contributed by atoms with van der Waals surface area (Å²) in [5, 5.41) is 11.5. The zero-order valence-corrected chi connectivity index (χ0v) is 10.1. The molecule has 0 radical (unpaired) electrons. The van der Waals surface area contributed by atoms with Gasteiger partial charge in [0.05, 0.1) is 17.3 Å². The molecule has 19 heavy (non-hydrogen) atoms. The van der Waals surface area contributed by atoms with Gasteiger partial charge in [-0.1, -0.05) is 6.07 Å². The molecule has 0 aliphatic rings. The lowest BCUT2D eigenvalue weighted by Crippen LogP contribution is -2.22. The largest absolute Gasteiger partial charge is 0.381 e. The Hall–Kier alpha value is -2.61. The summed E-state index contributed by atoms with van der Waals surface area (Å²) >= 11 is 0. The Labute approximate surface area is 109 Å². The summed E-state index contributed by atoms with van der Waals surface area (Å²) in [5.41, 5.74) is 0.509. The molecule has 1 heterocycles. The highest BCUT2D eigenvalue weighted by Crippen LogP contribution is 2.14. The van der Waals surface area contributed by atoms with E-state index in [0.717, 1.165) is 0 Å². The van der Waals surface area contributed by atoms with E-state index in [1.165, 1.54) is 22.8 Å². The van der Waals surface area contributed by atoms with E-state index in [9.17, 15) is 9.18 Å². The number of pyridine rings is 1. The second kappa shape index (κ2) is 5.83. The fourth-order valence-electron chi connectivity index (χ4n) is 1.68. The van der Waals surface area contributed by atoms with Crippen molar-refractivity contribution < 1.29 is 4.39 Å². The molecule has 0 atom stereocenters. The van der Waals surface area contributed by atoms with Crippen LogP contribution in [0.25, 0.3) is 0 Å². The van der Waals surface area contributed by atoms with Crippen LogP contribution < -0.4 is 10.9 Å². The maximum atomic E-state index is 13.6. The van der Waals surface area contributed by atoms with Crippen LogP contribution in [0.1, 0.15) is 5.56 Å². The lowest BCUT2D eigenvalue weighted by molar-refractivity contribution is 0.626. The molecule has 0 amide bonds. The summed E-state index contributed by atoms with van der Waals surface area (Å²) in [4.78, 5) is 11.4. The molecule has 2 aromatic rings. The molecule has 1 aromatic heterocycles. The first kappa shape index (κ1) is 12.8. The molecule has 4 nitrogen and oxygen atoms in total. The molecule has 1 N–H and O–H groups in total. The van der Waals surface area contributed by atoms with Crippen LogP contribution in [0.3, 0.4) is 0 Å². The highest BCUT2D eigenvalue weighted by molar-refractivity contribution is 5.48. The Morgan fingerprint density at radius 3 is 2.84 bits per heavy atom. The number of nitrogens with one attached hydrogen (secondary N) is 1. The molecule has 0 aliphatic carbocycles. The van der Waals surface area contributed by atoms with Gasteiger partial charge in [0.1, 0.15) is 5.82 Å². The maximum Gasteiger partial charge on any atom is 0.250 e. The van der Waals surface area contributed by atoms with E-state index in [2.05, 4.69) is 5.32 Å².